The molecule has 0 saturated heterocycles. The van der Waals surface area contributed by atoms with E-state index in [1.165, 1.54) is 0 Å². The van der Waals surface area contributed by atoms with Gasteiger partial charge in [-0.2, -0.15) is 54.4 Å². The quantitative estimate of drug-likeness (QED) is 0.712. The van der Waals surface area contributed by atoms with Crippen LogP contribution in [0.1, 0.15) is 27.7 Å². The van der Waals surface area contributed by atoms with Crippen LogP contribution < -0.4 is 0 Å². The Balaban J connectivity index is -0.0000000369. The Kier molecular flexibility index (Phi) is 98.7. The van der Waals surface area contributed by atoms with Gasteiger partial charge in [0.15, 0.2) is 0 Å². The van der Waals surface area contributed by atoms with Gasteiger partial charge in [0, 0.05) is 0 Å². The summed E-state index contributed by atoms with van der Waals surface area (Å²) >= 11 is 0. The molecule has 0 unspecified atom stereocenters. The molecule has 104 valence electrons. The van der Waals surface area contributed by atoms with Crippen LogP contribution in [-0.2, 0) is 0 Å². The van der Waals surface area contributed by atoms with Crippen molar-refractivity contribution in [2.45, 2.75) is 27.7 Å². The van der Waals surface area contributed by atoms with E-state index in [1.54, 1.807) is 28.2 Å². The fourth-order valence-electron chi connectivity index (χ4n) is 0. The van der Waals surface area contributed by atoms with Crippen LogP contribution in [0.15, 0.2) is 0 Å². The summed E-state index contributed by atoms with van der Waals surface area (Å²) < 4.78 is 0. The molecule has 0 rings (SSSR count). The summed E-state index contributed by atoms with van der Waals surface area (Å²) in [5.74, 6) is 0. The zero-order valence-electron chi connectivity index (χ0n) is 13.1. The van der Waals surface area contributed by atoms with Gasteiger partial charge in [-0.1, -0.05) is 27.7 Å². The molecule has 0 aliphatic rings. The van der Waals surface area contributed by atoms with Gasteiger partial charge in [0.1, 0.15) is 0 Å². The molecule has 4 nitrogen and oxygen atoms in total. The first-order chi connectivity index (χ1) is 7.66. The summed E-state index contributed by atoms with van der Waals surface area (Å²) in [4.78, 5) is 0. The summed E-state index contributed by atoms with van der Waals surface area (Å²) in [5.41, 5.74) is 0. The Morgan fingerprint density at radius 1 is 0.471 bits per heavy atom. The molecule has 0 amide bonds. The average molecular weight is 305 g/mol. The Morgan fingerprint density at radius 2 is 0.529 bits per heavy atom. The molecule has 0 aliphatic carbocycles. The van der Waals surface area contributed by atoms with Crippen LogP contribution in [0.4, 0.5) is 0 Å². The van der Waals surface area contributed by atoms with Crippen molar-refractivity contribution in [1.82, 2.24) is 0 Å². The molecule has 0 heterocycles. The summed E-state index contributed by atoms with van der Waals surface area (Å²) in [6.07, 6.45) is 0. The van der Waals surface area contributed by atoms with Crippen LogP contribution in [0.2, 0.25) is 0 Å². The standard InChI is InChI=1S/4C3H8N.Ge/c4*1-3-4-2;/h4*3H2,1-2H3;/q4*-1;+4. The zero-order chi connectivity index (χ0) is 13.7. The van der Waals surface area contributed by atoms with Crippen LogP contribution in [0.3, 0.4) is 0 Å². The van der Waals surface area contributed by atoms with Gasteiger partial charge >= 0.3 is 17.6 Å². The topological polar surface area (TPSA) is 56.4 Å². The van der Waals surface area contributed by atoms with Crippen molar-refractivity contribution in [3.8, 4) is 0 Å². The number of rotatable bonds is 4. The second-order valence-corrected chi connectivity index (χ2v) is 2.53. The molecular formula is C12H32GeN4. The van der Waals surface area contributed by atoms with Gasteiger partial charge in [0.05, 0.1) is 0 Å². The van der Waals surface area contributed by atoms with Crippen molar-refractivity contribution in [1.29, 1.82) is 0 Å². The van der Waals surface area contributed by atoms with Crippen molar-refractivity contribution in [3.63, 3.8) is 0 Å². The van der Waals surface area contributed by atoms with Crippen LogP contribution >= 0.6 is 0 Å². The molecule has 0 fully saturated rings. The first-order valence-electron chi connectivity index (χ1n) is 5.88. The van der Waals surface area contributed by atoms with E-state index < -0.39 is 0 Å². The molecule has 0 aliphatic heterocycles. The summed E-state index contributed by atoms with van der Waals surface area (Å²) in [6, 6.07) is 0. The smallest absolute Gasteiger partial charge is 0.665 e. The maximum atomic E-state index is 3.74. The predicted molar refractivity (Wildman–Crippen MR) is 85.1 cm³/mol. The van der Waals surface area contributed by atoms with Crippen LogP contribution in [-0.4, -0.2) is 72.0 Å². The van der Waals surface area contributed by atoms with Gasteiger partial charge in [-0.3, -0.25) is 0 Å². The molecule has 0 radical (unpaired) electrons. The van der Waals surface area contributed by atoms with Gasteiger partial charge in [-0.05, 0) is 0 Å². The van der Waals surface area contributed by atoms with Gasteiger partial charge in [0.2, 0.25) is 0 Å². The Morgan fingerprint density at radius 3 is 0.529 bits per heavy atom. The molecule has 0 N–H and O–H groups in total. The molecule has 5 heteroatoms. The van der Waals surface area contributed by atoms with E-state index in [2.05, 4.69) is 21.3 Å². The Hall–Kier alpha value is 0.383. The third-order valence-corrected chi connectivity index (χ3v) is 1.26. The van der Waals surface area contributed by atoms with Crippen LogP contribution in [0.25, 0.3) is 21.3 Å². The molecule has 0 spiro atoms. The minimum Gasteiger partial charge on any atom is -0.665 e. The van der Waals surface area contributed by atoms with Gasteiger partial charge in [-0.15, -0.1) is 0 Å². The van der Waals surface area contributed by atoms with E-state index in [9.17, 15) is 0 Å². The summed E-state index contributed by atoms with van der Waals surface area (Å²) in [5, 5.41) is 14.9. The number of hydrogen-bond donors (Lipinski definition) is 0. The molecule has 0 bridgehead atoms. The first-order valence-corrected chi connectivity index (χ1v) is 5.88. The number of nitrogens with zero attached hydrogens (tertiary/aromatic N) is 4. The minimum absolute atomic E-state index is 0. The maximum absolute atomic E-state index is 3.74. The van der Waals surface area contributed by atoms with Crippen molar-refractivity contribution in [2.24, 2.45) is 0 Å². The third kappa shape index (κ3) is 176. The van der Waals surface area contributed by atoms with E-state index in [4.69, 9.17) is 0 Å². The SMILES string of the molecule is CC[N-]C.CC[N-]C.CC[N-]C.CC[N-]C.[Ge+4]. The zero-order valence-corrected chi connectivity index (χ0v) is 15.2. The van der Waals surface area contributed by atoms with E-state index in [0.717, 1.165) is 26.2 Å². The minimum atomic E-state index is 0. The average Bonchev–Trinajstić information content (AvgIpc) is 2.39. The fourth-order valence-corrected chi connectivity index (χ4v) is 0. The summed E-state index contributed by atoms with van der Waals surface area (Å²) in [6.45, 7) is 11.8. The molecule has 17 heavy (non-hydrogen) atoms. The third-order valence-electron chi connectivity index (χ3n) is 1.26. The van der Waals surface area contributed by atoms with Crippen molar-refractivity contribution in [2.75, 3.05) is 54.4 Å². The van der Waals surface area contributed by atoms with Gasteiger partial charge in [-0.25, -0.2) is 0 Å². The number of hydrogen-bond acceptors (Lipinski definition) is 0. The van der Waals surface area contributed by atoms with Gasteiger partial charge in [0.25, 0.3) is 0 Å². The van der Waals surface area contributed by atoms with Crippen molar-refractivity contribution >= 4 is 17.6 Å². The molecule has 0 saturated carbocycles. The Bertz CT molecular complexity index is 42.5. The summed E-state index contributed by atoms with van der Waals surface area (Å²) in [7, 11) is 7.22. The van der Waals surface area contributed by atoms with Crippen LogP contribution in [0.5, 0.6) is 0 Å². The monoisotopic (exact) mass is 306 g/mol. The van der Waals surface area contributed by atoms with Crippen molar-refractivity contribution in [3.05, 3.63) is 21.3 Å². The second kappa shape index (κ2) is 55.2. The molecule has 0 aromatic rings. The van der Waals surface area contributed by atoms with Crippen molar-refractivity contribution < 1.29 is 0 Å². The largest absolute Gasteiger partial charge is 4.00 e. The normalized spacial score (nSPS) is 7.06. The first kappa shape index (κ1) is 30.4. The molecule has 0 atom stereocenters. The van der Waals surface area contributed by atoms with E-state index in [0.29, 0.717) is 0 Å². The molecule has 0 aromatic carbocycles. The van der Waals surface area contributed by atoms with E-state index in [1.807, 2.05) is 27.7 Å². The van der Waals surface area contributed by atoms with Gasteiger partial charge < -0.3 is 21.3 Å². The second-order valence-electron chi connectivity index (χ2n) is 2.53. The van der Waals surface area contributed by atoms with E-state index >= 15 is 0 Å². The van der Waals surface area contributed by atoms with Crippen LogP contribution in [0, 0.1) is 0 Å². The molecular weight excluding hydrogens is 273 g/mol. The maximum Gasteiger partial charge on any atom is 4.00 e. The van der Waals surface area contributed by atoms with E-state index in [-0.39, 0.29) is 17.6 Å². The molecule has 0 aromatic heterocycles. The fraction of sp³-hybridized carbons (Fsp3) is 1.00. The Labute approximate surface area is 121 Å². The predicted octanol–water partition coefficient (Wildman–Crippen LogP) is 3.66.